The van der Waals surface area contributed by atoms with E-state index in [1.54, 1.807) is 11.0 Å². The van der Waals surface area contributed by atoms with Gasteiger partial charge in [-0.25, -0.2) is 8.42 Å². The molecule has 0 radical (unpaired) electrons. The number of hydrogen-bond acceptors (Lipinski definition) is 4. The van der Waals surface area contributed by atoms with Crippen molar-refractivity contribution in [2.45, 2.75) is 25.9 Å². The van der Waals surface area contributed by atoms with Crippen molar-refractivity contribution in [3.05, 3.63) is 76.7 Å². The summed E-state index contributed by atoms with van der Waals surface area (Å²) in [4.78, 5) is 17.1. The number of amides is 1. The second-order valence-electron chi connectivity index (χ2n) is 8.15. The minimum atomic E-state index is -3.50. The molecule has 1 saturated heterocycles. The topological polar surface area (TPSA) is 60.9 Å². The van der Waals surface area contributed by atoms with Gasteiger partial charge in [0.1, 0.15) is 0 Å². The Labute approximate surface area is 184 Å². The molecule has 0 N–H and O–H groups in total. The average Bonchev–Trinajstić information content (AvgIpc) is 2.82. The summed E-state index contributed by atoms with van der Waals surface area (Å²) in [6.45, 7) is 5.09. The van der Waals surface area contributed by atoms with Crippen molar-refractivity contribution in [1.82, 2.24) is 14.1 Å². The van der Waals surface area contributed by atoms with Gasteiger partial charge < -0.3 is 4.90 Å². The van der Waals surface area contributed by atoms with Crippen molar-refractivity contribution in [3.8, 4) is 0 Å². The number of carbonyl (C=O) groups is 1. The van der Waals surface area contributed by atoms with Crippen LogP contribution in [0.1, 0.15) is 23.6 Å². The van der Waals surface area contributed by atoms with Crippen molar-refractivity contribution in [1.29, 1.82) is 0 Å². The van der Waals surface area contributed by atoms with Crippen molar-refractivity contribution in [2.75, 3.05) is 32.7 Å². The number of hydrogen-bond donors (Lipinski definition) is 0. The minimum absolute atomic E-state index is 0.0799. The van der Waals surface area contributed by atoms with Crippen LogP contribution in [0, 0.1) is 0 Å². The zero-order chi connectivity index (χ0) is 21.8. The third-order valence-corrected chi connectivity index (χ3v) is 7.77. The highest BCUT2D eigenvalue weighted by atomic mass is 32.2. The summed E-state index contributed by atoms with van der Waals surface area (Å²) in [6.07, 6.45) is 2.57. The first kappa shape index (κ1) is 21.7. The highest BCUT2D eigenvalue weighted by molar-refractivity contribution is 7.92. The van der Waals surface area contributed by atoms with Gasteiger partial charge in [-0.15, -0.1) is 0 Å². The van der Waals surface area contributed by atoms with Gasteiger partial charge in [0, 0.05) is 44.7 Å². The molecule has 31 heavy (non-hydrogen) atoms. The molecule has 1 unspecified atom stereocenters. The van der Waals surface area contributed by atoms with Crippen LogP contribution in [0.5, 0.6) is 0 Å². The maximum Gasteiger partial charge on any atom is 0.239 e. The molecule has 1 amide bonds. The zero-order valence-corrected chi connectivity index (χ0v) is 18.7. The van der Waals surface area contributed by atoms with Gasteiger partial charge in [-0.2, -0.15) is 4.31 Å². The number of benzene rings is 2. The Balaban J connectivity index is 1.33. The number of sulfonamides is 1. The molecule has 2 aliphatic rings. The van der Waals surface area contributed by atoms with Crippen molar-refractivity contribution >= 4 is 22.0 Å². The molecule has 2 aromatic carbocycles. The molecule has 1 atom stereocenters. The lowest BCUT2D eigenvalue weighted by molar-refractivity contribution is -0.138. The van der Waals surface area contributed by atoms with Crippen LogP contribution in [0.25, 0.3) is 6.08 Å². The lowest BCUT2D eigenvalue weighted by atomic mass is 9.98. The molecule has 2 aromatic rings. The monoisotopic (exact) mass is 439 g/mol. The minimum Gasteiger partial charge on any atom is -0.339 e. The highest BCUT2D eigenvalue weighted by Gasteiger charge is 2.32. The van der Waals surface area contributed by atoms with Crippen LogP contribution in [0.3, 0.4) is 0 Å². The standard InChI is InChI=1S/C24H29N3O3S/c1-20(26-13-11-22-9-5-6-10-23(22)19-26)24(28)25-14-16-27(17-15-25)31(29,30)18-12-21-7-3-2-4-8-21/h2-10,12,18,20H,11,13-17,19H2,1H3/b18-12+. The van der Waals surface area contributed by atoms with E-state index in [0.29, 0.717) is 26.2 Å². The Kier molecular flexibility index (Phi) is 6.55. The van der Waals surface area contributed by atoms with E-state index in [1.165, 1.54) is 20.8 Å². The van der Waals surface area contributed by atoms with Gasteiger partial charge >= 0.3 is 0 Å². The molecule has 164 valence electrons. The molecule has 0 aromatic heterocycles. The average molecular weight is 440 g/mol. The van der Waals surface area contributed by atoms with Gasteiger partial charge in [0.05, 0.1) is 6.04 Å². The van der Waals surface area contributed by atoms with Gasteiger partial charge in [-0.05, 0) is 36.1 Å². The van der Waals surface area contributed by atoms with Crippen LogP contribution in [-0.2, 0) is 27.8 Å². The molecule has 1 fully saturated rings. The largest absolute Gasteiger partial charge is 0.339 e. The number of carbonyl (C=O) groups excluding carboxylic acids is 1. The van der Waals surface area contributed by atoms with Crippen LogP contribution in [-0.4, -0.2) is 67.2 Å². The van der Waals surface area contributed by atoms with Crippen molar-refractivity contribution in [3.63, 3.8) is 0 Å². The van der Waals surface area contributed by atoms with E-state index >= 15 is 0 Å². The third-order valence-electron chi connectivity index (χ3n) is 6.21. The van der Waals surface area contributed by atoms with Crippen LogP contribution >= 0.6 is 0 Å². The zero-order valence-electron chi connectivity index (χ0n) is 17.9. The number of nitrogens with zero attached hydrogens (tertiary/aromatic N) is 3. The van der Waals surface area contributed by atoms with Crippen molar-refractivity contribution in [2.24, 2.45) is 0 Å². The molecule has 7 heteroatoms. The number of piperazine rings is 1. The highest BCUT2D eigenvalue weighted by Crippen LogP contribution is 2.21. The number of rotatable bonds is 5. The lowest BCUT2D eigenvalue weighted by Gasteiger charge is -2.38. The third kappa shape index (κ3) is 5.06. The van der Waals surface area contributed by atoms with E-state index in [4.69, 9.17) is 0 Å². The summed E-state index contributed by atoms with van der Waals surface area (Å²) >= 11 is 0. The predicted molar refractivity (Wildman–Crippen MR) is 123 cm³/mol. The second-order valence-corrected chi connectivity index (χ2v) is 9.97. The Morgan fingerprint density at radius 3 is 2.26 bits per heavy atom. The quantitative estimate of drug-likeness (QED) is 0.719. The summed E-state index contributed by atoms with van der Waals surface area (Å²) in [5, 5.41) is 1.26. The first-order valence-electron chi connectivity index (χ1n) is 10.8. The number of fused-ring (bicyclic) bond motifs is 1. The van der Waals surface area contributed by atoms with Crippen LogP contribution in [0.15, 0.2) is 60.0 Å². The van der Waals surface area contributed by atoms with E-state index in [2.05, 4.69) is 23.1 Å². The normalized spacial score (nSPS) is 19.3. The van der Waals surface area contributed by atoms with E-state index in [1.807, 2.05) is 43.3 Å². The summed E-state index contributed by atoms with van der Waals surface area (Å²) < 4.78 is 26.8. The molecule has 6 nitrogen and oxygen atoms in total. The van der Waals surface area contributed by atoms with Crippen LogP contribution in [0.2, 0.25) is 0 Å². The Bertz CT molecular complexity index is 1040. The molecular weight excluding hydrogens is 410 g/mol. The molecule has 0 aliphatic carbocycles. The summed E-state index contributed by atoms with van der Waals surface area (Å²) in [5.41, 5.74) is 3.49. The molecule has 0 saturated carbocycles. The summed E-state index contributed by atoms with van der Waals surface area (Å²) in [6, 6.07) is 17.5. The Morgan fingerprint density at radius 1 is 0.903 bits per heavy atom. The molecule has 4 rings (SSSR count). The van der Waals surface area contributed by atoms with E-state index < -0.39 is 10.0 Å². The fourth-order valence-electron chi connectivity index (χ4n) is 4.25. The van der Waals surface area contributed by atoms with E-state index in [9.17, 15) is 13.2 Å². The molecule has 0 spiro atoms. The fraction of sp³-hybridized carbons (Fsp3) is 0.375. The summed E-state index contributed by atoms with van der Waals surface area (Å²) in [7, 11) is -3.50. The molecule has 2 heterocycles. The van der Waals surface area contributed by atoms with Crippen LogP contribution in [0.4, 0.5) is 0 Å². The summed E-state index contributed by atoms with van der Waals surface area (Å²) in [5.74, 6) is 0.0799. The molecule has 0 bridgehead atoms. The van der Waals surface area contributed by atoms with Gasteiger partial charge in [0.25, 0.3) is 0 Å². The maximum absolute atomic E-state index is 13.1. The predicted octanol–water partition coefficient (Wildman–Crippen LogP) is 2.58. The Hall–Kier alpha value is -2.48. The van der Waals surface area contributed by atoms with Gasteiger partial charge in [0.2, 0.25) is 15.9 Å². The molecular formula is C24H29N3O3S. The Morgan fingerprint density at radius 2 is 1.55 bits per heavy atom. The smallest absolute Gasteiger partial charge is 0.239 e. The van der Waals surface area contributed by atoms with E-state index in [-0.39, 0.29) is 11.9 Å². The fourth-order valence-corrected chi connectivity index (χ4v) is 5.42. The maximum atomic E-state index is 13.1. The van der Waals surface area contributed by atoms with Gasteiger partial charge in [-0.1, -0.05) is 54.6 Å². The first-order chi connectivity index (χ1) is 14.9. The van der Waals surface area contributed by atoms with Crippen LogP contribution < -0.4 is 0 Å². The van der Waals surface area contributed by atoms with Gasteiger partial charge in [-0.3, -0.25) is 9.69 Å². The second kappa shape index (κ2) is 9.34. The van der Waals surface area contributed by atoms with Crippen molar-refractivity contribution < 1.29 is 13.2 Å². The van der Waals surface area contributed by atoms with Gasteiger partial charge in [0.15, 0.2) is 0 Å². The van der Waals surface area contributed by atoms with E-state index in [0.717, 1.165) is 25.1 Å². The molecule has 2 aliphatic heterocycles. The lowest BCUT2D eigenvalue weighted by Crippen LogP contribution is -2.55. The first-order valence-corrected chi connectivity index (χ1v) is 12.3. The SMILES string of the molecule is CC(C(=O)N1CCN(S(=O)(=O)/C=C/c2ccccc2)CC1)N1CCc2ccccc2C1.